The van der Waals surface area contributed by atoms with E-state index in [2.05, 4.69) is 21.5 Å². The number of hydrogen-bond acceptors (Lipinski definition) is 2. The number of terminal acetylenes is 1. The van der Waals surface area contributed by atoms with E-state index < -0.39 is 17.8 Å². The molecule has 1 aromatic rings. The lowest BCUT2D eigenvalue weighted by Gasteiger charge is -2.48. The van der Waals surface area contributed by atoms with Crippen LogP contribution in [0.4, 0.5) is 23.7 Å². The molecule has 0 aromatic heterocycles. The number of nitrogens with one attached hydrogen (secondary N) is 2. The molecule has 0 aliphatic carbocycles. The summed E-state index contributed by atoms with van der Waals surface area (Å²) >= 11 is 0. The monoisotopic (exact) mass is 351 g/mol. The maximum Gasteiger partial charge on any atom is 0.416 e. The van der Waals surface area contributed by atoms with E-state index in [4.69, 9.17) is 6.42 Å². The SMILES string of the molecule is C#CC1CN2CCC1CC2CNC(=O)Nc1cccc(C(F)(F)F)c1. The van der Waals surface area contributed by atoms with Gasteiger partial charge in [-0.05, 0) is 43.5 Å². The largest absolute Gasteiger partial charge is 0.416 e. The van der Waals surface area contributed by atoms with Crippen LogP contribution in [0.1, 0.15) is 18.4 Å². The minimum atomic E-state index is -4.43. The Labute approximate surface area is 144 Å². The molecule has 3 aliphatic rings. The van der Waals surface area contributed by atoms with Crippen LogP contribution >= 0.6 is 0 Å². The summed E-state index contributed by atoms with van der Waals surface area (Å²) in [6.45, 7) is 2.28. The summed E-state index contributed by atoms with van der Waals surface area (Å²) in [4.78, 5) is 14.3. The third kappa shape index (κ3) is 4.07. The van der Waals surface area contributed by atoms with Crippen molar-refractivity contribution >= 4 is 11.7 Å². The van der Waals surface area contributed by atoms with Gasteiger partial charge in [-0.2, -0.15) is 13.2 Å². The summed E-state index contributed by atoms with van der Waals surface area (Å²) in [5, 5.41) is 5.21. The Balaban J connectivity index is 1.52. The van der Waals surface area contributed by atoms with E-state index in [-0.39, 0.29) is 17.6 Å². The van der Waals surface area contributed by atoms with Gasteiger partial charge in [0.1, 0.15) is 0 Å². The van der Waals surface area contributed by atoms with Gasteiger partial charge in [-0.3, -0.25) is 4.90 Å². The van der Waals surface area contributed by atoms with E-state index >= 15 is 0 Å². The zero-order valence-corrected chi connectivity index (χ0v) is 13.6. The summed E-state index contributed by atoms with van der Waals surface area (Å²) in [6.07, 6.45) is 3.14. The predicted molar refractivity (Wildman–Crippen MR) is 88.9 cm³/mol. The highest BCUT2D eigenvalue weighted by atomic mass is 19.4. The molecule has 1 aromatic carbocycles. The zero-order valence-electron chi connectivity index (χ0n) is 13.6. The van der Waals surface area contributed by atoms with E-state index in [1.165, 1.54) is 12.1 Å². The summed E-state index contributed by atoms with van der Waals surface area (Å²) < 4.78 is 38.1. The number of nitrogens with zero attached hydrogens (tertiary/aromatic N) is 1. The molecule has 0 saturated carbocycles. The second kappa shape index (κ2) is 6.96. The van der Waals surface area contributed by atoms with Crippen LogP contribution in [0, 0.1) is 24.2 Å². The number of halogens is 3. The molecule has 25 heavy (non-hydrogen) atoms. The quantitative estimate of drug-likeness (QED) is 0.822. The smallest absolute Gasteiger partial charge is 0.336 e. The minimum Gasteiger partial charge on any atom is -0.336 e. The molecule has 4 rings (SSSR count). The van der Waals surface area contributed by atoms with Gasteiger partial charge in [0.15, 0.2) is 0 Å². The molecule has 134 valence electrons. The number of anilines is 1. The molecular formula is C18H20F3N3O. The van der Waals surface area contributed by atoms with Gasteiger partial charge < -0.3 is 10.6 Å². The topological polar surface area (TPSA) is 44.4 Å². The lowest BCUT2D eigenvalue weighted by Crippen LogP contribution is -2.56. The number of urea groups is 1. The maximum atomic E-state index is 12.7. The molecule has 4 unspecified atom stereocenters. The van der Waals surface area contributed by atoms with Crippen molar-refractivity contribution in [3.05, 3.63) is 29.8 Å². The Morgan fingerprint density at radius 2 is 2.20 bits per heavy atom. The molecule has 2 amide bonds. The van der Waals surface area contributed by atoms with Crippen LogP contribution in [0.2, 0.25) is 0 Å². The number of carbonyl (C=O) groups excluding carboxylic acids is 1. The molecule has 4 atom stereocenters. The van der Waals surface area contributed by atoms with Gasteiger partial charge in [0.2, 0.25) is 0 Å². The van der Waals surface area contributed by atoms with Gasteiger partial charge in [-0.15, -0.1) is 12.3 Å². The molecule has 3 saturated heterocycles. The van der Waals surface area contributed by atoms with Gasteiger partial charge in [0.25, 0.3) is 0 Å². The number of piperidine rings is 3. The standard InChI is InChI=1S/C18H20F3N3O/c1-2-12-11-24-7-6-13(12)8-16(24)10-22-17(25)23-15-5-3-4-14(9-15)18(19,20)21/h1,3-5,9,12-13,16H,6-8,10-11H2,(H2,22,23,25). The molecule has 7 heteroatoms. The first-order valence-electron chi connectivity index (χ1n) is 8.29. The fourth-order valence-electron chi connectivity index (χ4n) is 3.70. The van der Waals surface area contributed by atoms with Crippen molar-refractivity contribution in [2.45, 2.75) is 25.1 Å². The lowest BCUT2D eigenvalue weighted by atomic mass is 9.76. The van der Waals surface area contributed by atoms with Crippen LogP contribution < -0.4 is 10.6 Å². The fourth-order valence-corrected chi connectivity index (χ4v) is 3.70. The summed E-state index contributed by atoms with van der Waals surface area (Å²) in [6, 6.07) is 4.31. The third-order valence-electron chi connectivity index (χ3n) is 5.04. The first kappa shape index (κ1) is 17.6. The second-order valence-electron chi connectivity index (χ2n) is 6.62. The number of alkyl halides is 3. The van der Waals surface area contributed by atoms with Gasteiger partial charge in [0.05, 0.1) is 5.56 Å². The van der Waals surface area contributed by atoms with Gasteiger partial charge in [-0.25, -0.2) is 4.79 Å². The molecule has 4 nitrogen and oxygen atoms in total. The Morgan fingerprint density at radius 3 is 2.84 bits per heavy atom. The second-order valence-corrected chi connectivity index (χ2v) is 6.62. The Bertz CT molecular complexity index is 683. The van der Waals surface area contributed by atoms with Crippen LogP contribution in [0.5, 0.6) is 0 Å². The van der Waals surface area contributed by atoms with Crippen molar-refractivity contribution in [2.75, 3.05) is 25.0 Å². The van der Waals surface area contributed by atoms with Crippen molar-refractivity contribution in [1.82, 2.24) is 10.2 Å². The maximum absolute atomic E-state index is 12.7. The van der Waals surface area contributed by atoms with Gasteiger partial charge in [-0.1, -0.05) is 6.07 Å². The molecule has 0 radical (unpaired) electrons. The summed E-state index contributed by atoms with van der Waals surface area (Å²) in [7, 11) is 0. The fraction of sp³-hybridized carbons (Fsp3) is 0.500. The van der Waals surface area contributed by atoms with Crippen molar-refractivity contribution in [3.63, 3.8) is 0 Å². The van der Waals surface area contributed by atoms with Crippen LogP contribution in [-0.2, 0) is 6.18 Å². The van der Waals surface area contributed by atoms with Crippen molar-refractivity contribution in [1.29, 1.82) is 0 Å². The summed E-state index contributed by atoms with van der Waals surface area (Å²) in [5.74, 6) is 3.61. The number of amides is 2. The Kier molecular flexibility index (Phi) is 4.91. The van der Waals surface area contributed by atoms with E-state index in [0.717, 1.165) is 38.1 Å². The van der Waals surface area contributed by atoms with Crippen molar-refractivity contribution in [3.8, 4) is 12.3 Å². The van der Waals surface area contributed by atoms with E-state index in [1.54, 1.807) is 0 Å². The Morgan fingerprint density at radius 1 is 1.40 bits per heavy atom. The first-order valence-corrected chi connectivity index (χ1v) is 8.29. The number of rotatable bonds is 3. The minimum absolute atomic E-state index is 0.116. The zero-order chi connectivity index (χ0) is 18.0. The Hall–Kier alpha value is -2.20. The first-order chi connectivity index (χ1) is 11.9. The van der Waals surface area contributed by atoms with Crippen LogP contribution in [0.3, 0.4) is 0 Å². The lowest BCUT2D eigenvalue weighted by molar-refractivity contribution is -0.137. The number of benzene rings is 1. The molecule has 2 N–H and O–H groups in total. The third-order valence-corrected chi connectivity index (χ3v) is 5.04. The number of carbonyl (C=O) groups is 1. The van der Waals surface area contributed by atoms with Gasteiger partial charge >= 0.3 is 12.2 Å². The molecule has 3 heterocycles. The van der Waals surface area contributed by atoms with E-state index in [1.807, 2.05) is 0 Å². The van der Waals surface area contributed by atoms with Gasteiger partial charge in [0, 0.05) is 30.7 Å². The predicted octanol–water partition coefficient (Wildman–Crippen LogP) is 3.17. The average Bonchev–Trinajstić information content (AvgIpc) is 2.60. The highest BCUT2D eigenvalue weighted by Gasteiger charge is 2.39. The van der Waals surface area contributed by atoms with Crippen molar-refractivity contribution < 1.29 is 18.0 Å². The number of hydrogen-bond donors (Lipinski definition) is 2. The highest BCUT2D eigenvalue weighted by Crippen LogP contribution is 2.35. The molecule has 3 aliphatic heterocycles. The molecule has 0 spiro atoms. The van der Waals surface area contributed by atoms with Crippen LogP contribution in [0.25, 0.3) is 0 Å². The van der Waals surface area contributed by atoms with Crippen molar-refractivity contribution in [2.24, 2.45) is 11.8 Å². The number of fused-ring (bicyclic) bond motifs is 3. The van der Waals surface area contributed by atoms with E-state index in [0.29, 0.717) is 12.5 Å². The normalized spacial score (nSPS) is 28.2. The molecule has 3 fully saturated rings. The van der Waals surface area contributed by atoms with Crippen LogP contribution in [0.15, 0.2) is 24.3 Å². The van der Waals surface area contributed by atoms with Crippen LogP contribution in [-0.4, -0.2) is 36.6 Å². The average molecular weight is 351 g/mol. The molecular weight excluding hydrogens is 331 g/mol. The highest BCUT2D eigenvalue weighted by molar-refractivity contribution is 5.89. The van der Waals surface area contributed by atoms with E-state index in [9.17, 15) is 18.0 Å². The molecule has 2 bridgehead atoms. The summed E-state index contributed by atoms with van der Waals surface area (Å²) in [5.41, 5.74) is -0.675.